The van der Waals surface area contributed by atoms with Crippen molar-refractivity contribution in [2.24, 2.45) is 0 Å². The Kier molecular flexibility index (Phi) is 5.77. The first kappa shape index (κ1) is 15.3. The molecule has 0 fully saturated rings. The number of ether oxygens (including phenoxy) is 2. The number of allylic oxidation sites excluding steroid dienone is 1. The quantitative estimate of drug-likeness (QED) is 0.801. The zero-order chi connectivity index (χ0) is 12.8. The van der Waals surface area contributed by atoms with Gasteiger partial charge < -0.3 is 20.1 Å². The highest BCUT2D eigenvalue weighted by Gasteiger charge is 2.10. The fraction of sp³-hybridized carbons (Fsp3) is 0.167. The number of phenols is 1. The number of benzene rings is 1. The third-order valence-corrected chi connectivity index (χ3v) is 2.03. The minimum Gasteiger partial charge on any atom is -0.504 e. The molecule has 0 aliphatic heterocycles. The third-order valence-electron chi connectivity index (χ3n) is 2.03. The summed E-state index contributed by atoms with van der Waals surface area (Å²) in [6, 6.07) is 6.41. The molecular formula is C12H12N2O4. The van der Waals surface area contributed by atoms with E-state index >= 15 is 0 Å². The van der Waals surface area contributed by atoms with Crippen LogP contribution in [0.3, 0.4) is 0 Å². The minimum atomic E-state index is -0.117. The molecule has 0 aromatic heterocycles. The molecule has 0 atom stereocenters. The SMILES string of the molecule is COc1cc(C=C(C#N)C#N)cc(O)c1OC.O. The summed E-state index contributed by atoms with van der Waals surface area (Å²) in [4.78, 5) is 0. The van der Waals surface area contributed by atoms with Gasteiger partial charge in [-0.05, 0) is 23.8 Å². The van der Waals surface area contributed by atoms with Gasteiger partial charge in [-0.2, -0.15) is 10.5 Å². The lowest BCUT2D eigenvalue weighted by Crippen LogP contribution is -1.91. The van der Waals surface area contributed by atoms with Crippen molar-refractivity contribution in [2.75, 3.05) is 14.2 Å². The van der Waals surface area contributed by atoms with Gasteiger partial charge in [0.05, 0.1) is 14.2 Å². The molecule has 0 aliphatic rings. The Hall–Kier alpha value is -2.70. The second-order valence-electron chi connectivity index (χ2n) is 3.06. The number of nitrogens with zero attached hydrogens (tertiary/aromatic N) is 2. The fourth-order valence-corrected chi connectivity index (χ4v) is 1.30. The Labute approximate surface area is 104 Å². The van der Waals surface area contributed by atoms with Gasteiger partial charge in [-0.3, -0.25) is 0 Å². The van der Waals surface area contributed by atoms with Crippen LogP contribution in [0.1, 0.15) is 5.56 Å². The van der Waals surface area contributed by atoms with Crippen molar-refractivity contribution < 1.29 is 20.1 Å². The average molecular weight is 248 g/mol. The molecule has 0 bridgehead atoms. The Morgan fingerprint density at radius 1 is 1.22 bits per heavy atom. The number of phenolic OH excluding ortho intramolecular Hbond substituents is 1. The van der Waals surface area contributed by atoms with Gasteiger partial charge in [-0.15, -0.1) is 0 Å². The van der Waals surface area contributed by atoms with E-state index in [-0.39, 0.29) is 22.5 Å². The molecule has 0 spiro atoms. The van der Waals surface area contributed by atoms with Crippen molar-refractivity contribution >= 4 is 6.08 Å². The van der Waals surface area contributed by atoms with E-state index in [2.05, 4.69) is 0 Å². The first-order valence-electron chi connectivity index (χ1n) is 4.63. The van der Waals surface area contributed by atoms with Crippen molar-refractivity contribution in [1.29, 1.82) is 10.5 Å². The van der Waals surface area contributed by atoms with Crippen LogP contribution >= 0.6 is 0 Å². The highest BCUT2D eigenvalue weighted by Crippen LogP contribution is 2.37. The van der Waals surface area contributed by atoms with Crippen LogP contribution in [0.5, 0.6) is 17.2 Å². The normalized spacial score (nSPS) is 8.22. The molecule has 0 radical (unpaired) electrons. The molecule has 6 nitrogen and oxygen atoms in total. The van der Waals surface area contributed by atoms with Gasteiger partial charge in [0.25, 0.3) is 0 Å². The van der Waals surface area contributed by atoms with E-state index in [0.29, 0.717) is 11.3 Å². The second-order valence-corrected chi connectivity index (χ2v) is 3.06. The lowest BCUT2D eigenvalue weighted by molar-refractivity contribution is 0.333. The number of methoxy groups -OCH3 is 2. The number of nitriles is 2. The predicted octanol–water partition coefficient (Wildman–Crippen LogP) is 1.02. The monoisotopic (exact) mass is 248 g/mol. The maximum atomic E-state index is 9.66. The molecule has 0 amide bonds. The lowest BCUT2D eigenvalue weighted by Gasteiger charge is -2.10. The van der Waals surface area contributed by atoms with E-state index in [4.69, 9.17) is 20.0 Å². The van der Waals surface area contributed by atoms with Gasteiger partial charge in [0.15, 0.2) is 11.5 Å². The Bertz CT molecular complexity index is 522. The molecule has 0 aliphatic carbocycles. The topological polar surface area (TPSA) is 118 Å². The Morgan fingerprint density at radius 2 is 1.83 bits per heavy atom. The third kappa shape index (κ3) is 3.14. The number of hydrogen-bond acceptors (Lipinski definition) is 5. The van der Waals surface area contributed by atoms with Crippen LogP contribution < -0.4 is 9.47 Å². The first-order chi connectivity index (χ1) is 8.15. The highest BCUT2D eigenvalue weighted by atomic mass is 16.5. The summed E-state index contributed by atoms with van der Waals surface area (Å²) < 4.78 is 9.98. The average Bonchev–Trinajstić information content (AvgIpc) is 2.35. The van der Waals surface area contributed by atoms with Crippen LogP contribution in [0.25, 0.3) is 6.08 Å². The van der Waals surface area contributed by atoms with Gasteiger partial charge in [0, 0.05) is 0 Å². The summed E-state index contributed by atoms with van der Waals surface area (Å²) in [5.74, 6) is 0.419. The van der Waals surface area contributed by atoms with E-state index in [1.807, 2.05) is 0 Å². The summed E-state index contributed by atoms with van der Waals surface area (Å²) in [5, 5.41) is 26.9. The maximum Gasteiger partial charge on any atom is 0.203 e. The van der Waals surface area contributed by atoms with E-state index in [1.165, 1.54) is 26.4 Å². The second kappa shape index (κ2) is 6.79. The van der Waals surface area contributed by atoms with E-state index in [9.17, 15) is 5.11 Å². The molecular weight excluding hydrogens is 236 g/mol. The molecule has 6 heteroatoms. The van der Waals surface area contributed by atoms with Crippen LogP contribution in [-0.2, 0) is 0 Å². The molecule has 0 heterocycles. The van der Waals surface area contributed by atoms with Gasteiger partial charge in [-0.1, -0.05) is 0 Å². The molecule has 0 saturated heterocycles. The van der Waals surface area contributed by atoms with Crippen molar-refractivity contribution in [1.82, 2.24) is 0 Å². The number of hydrogen-bond donors (Lipinski definition) is 1. The highest BCUT2D eigenvalue weighted by molar-refractivity contribution is 5.67. The van der Waals surface area contributed by atoms with Crippen molar-refractivity contribution in [2.45, 2.75) is 0 Å². The maximum absolute atomic E-state index is 9.66. The van der Waals surface area contributed by atoms with Gasteiger partial charge >= 0.3 is 0 Å². The summed E-state index contributed by atoms with van der Waals surface area (Å²) in [6.07, 6.45) is 1.35. The van der Waals surface area contributed by atoms with E-state index in [0.717, 1.165) is 0 Å². The van der Waals surface area contributed by atoms with Gasteiger partial charge in [0.1, 0.15) is 17.7 Å². The smallest absolute Gasteiger partial charge is 0.203 e. The van der Waals surface area contributed by atoms with E-state index < -0.39 is 0 Å². The summed E-state index contributed by atoms with van der Waals surface area (Å²) >= 11 is 0. The molecule has 0 saturated carbocycles. The largest absolute Gasteiger partial charge is 0.504 e. The fourth-order valence-electron chi connectivity index (χ4n) is 1.30. The van der Waals surface area contributed by atoms with Crippen LogP contribution in [0.2, 0.25) is 0 Å². The van der Waals surface area contributed by atoms with E-state index in [1.54, 1.807) is 18.2 Å². The Balaban J connectivity index is 0.00000289. The van der Waals surface area contributed by atoms with Crippen LogP contribution in [0.15, 0.2) is 17.7 Å². The van der Waals surface area contributed by atoms with Crippen molar-refractivity contribution in [3.8, 4) is 29.4 Å². The molecule has 3 N–H and O–H groups in total. The van der Waals surface area contributed by atoms with Crippen molar-refractivity contribution in [3.05, 3.63) is 23.3 Å². The summed E-state index contributed by atoms with van der Waals surface area (Å²) in [6.45, 7) is 0. The van der Waals surface area contributed by atoms with Crippen LogP contribution in [-0.4, -0.2) is 24.8 Å². The Morgan fingerprint density at radius 3 is 2.28 bits per heavy atom. The number of rotatable bonds is 3. The number of aromatic hydroxyl groups is 1. The van der Waals surface area contributed by atoms with Crippen molar-refractivity contribution in [3.63, 3.8) is 0 Å². The molecule has 0 unspecified atom stereocenters. The van der Waals surface area contributed by atoms with Gasteiger partial charge in [-0.25, -0.2) is 0 Å². The van der Waals surface area contributed by atoms with Crippen LogP contribution in [0.4, 0.5) is 0 Å². The molecule has 94 valence electrons. The molecule has 1 aromatic rings. The standard InChI is InChI=1S/C12H10N2O3.H2O/c1-16-11-5-8(3-9(6-13)7-14)4-10(15)12(11)17-2;/h3-5,15H,1-2H3;1H2. The zero-order valence-electron chi connectivity index (χ0n) is 9.89. The minimum absolute atomic E-state index is 0. The summed E-state index contributed by atoms with van der Waals surface area (Å²) in [7, 11) is 2.84. The lowest BCUT2D eigenvalue weighted by atomic mass is 10.1. The van der Waals surface area contributed by atoms with Crippen LogP contribution in [0, 0.1) is 22.7 Å². The summed E-state index contributed by atoms with van der Waals surface area (Å²) in [5.41, 5.74) is 0.426. The molecule has 1 rings (SSSR count). The molecule has 1 aromatic carbocycles. The zero-order valence-corrected chi connectivity index (χ0v) is 9.89. The molecule has 18 heavy (non-hydrogen) atoms. The first-order valence-corrected chi connectivity index (χ1v) is 4.63. The van der Waals surface area contributed by atoms with Gasteiger partial charge in [0.2, 0.25) is 5.75 Å². The predicted molar refractivity (Wildman–Crippen MR) is 64.0 cm³/mol.